The van der Waals surface area contributed by atoms with Crippen LogP contribution in [0.2, 0.25) is 0 Å². The van der Waals surface area contributed by atoms with Crippen LogP contribution in [-0.2, 0) is 28.2 Å². The first-order valence-electron chi connectivity index (χ1n) is 11.9. The minimum absolute atomic E-state index is 0. The Hall–Kier alpha value is -0.190. The van der Waals surface area contributed by atoms with Gasteiger partial charge in [-0.1, -0.05) is 25.5 Å². The van der Waals surface area contributed by atoms with E-state index in [1.54, 1.807) is 19.9 Å². The molecule has 0 bridgehead atoms. The van der Waals surface area contributed by atoms with Crippen molar-refractivity contribution in [2.24, 2.45) is 28.6 Å². The minimum Gasteiger partial charge on any atom is -1.00 e. The second-order valence-electron chi connectivity index (χ2n) is 11.4. The number of aliphatic hydroxyl groups is 1. The molecule has 11 heteroatoms. The SMILES string of the molecule is CC1(C)O[C@@H]2C[C@H]3[C@@H]4CCC5=CC(=O)C=C[C@]5(C)[C@H]4[C@@H](OP(=O)(O)O)C[C@]3(C)[C@]2(C(=O)CO)O1.[H-].[Na+]. The van der Waals surface area contributed by atoms with Crippen molar-refractivity contribution in [2.45, 2.75) is 77.0 Å². The molecule has 0 spiro atoms. The van der Waals surface area contributed by atoms with Crippen LogP contribution in [0, 0.1) is 28.6 Å². The summed E-state index contributed by atoms with van der Waals surface area (Å²) in [4.78, 5) is 45.1. The average Bonchev–Trinajstić information content (AvgIpc) is 3.12. The summed E-state index contributed by atoms with van der Waals surface area (Å²) in [6.45, 7) is 6.65. The van der Waals surface area contributed by atoms with Gasteiger partial charge < -0.3 is 25.8 Å². The minimum atomic E-state index is -4.88. The Morgan fingerprint density at radius 2 is 1.97 bits per heavy atom. The summed E-state index contributed by atoms with van der Waals surface area (Å²) in [5.41, 5.74) is -1.98. The molecule has 9 nitrogen and oxygen atoms in total. The number of ether oxygens (including phenoxy) is 2. The molecule has 190 valence electrons. The van der Waals surface area contributed by atoms with Gasteiger partial charge in [0, 0.05) is 16.7 Å². The number of rotatable bonds is 4. The van der Waals surface area contributed by atoms with Crippen LogP contribution < -0.4 is 29.6 Å². The van der Waals surface area contributed by atoms with Crippen LogP contribution >= 0.6 is 7.82 Å². The van der Waals surface area contributed by atoms with E-state index in [-0.39, 0.29) is 60.9 Å². The van der Waals surface area contributed by atoms with E-state index in [4.69, 9.17) is 14.0 Å². The van der Waals surface area contributed by atoms with Crippen molar-refractivity contribution in [3.05, 3.63) is 23.8 Å². The van der Waals surface area contributed by atoms with Gasteiger partial charge in [0.2, 0.25) is 0 Å². The third kappa shape index (κ3) is 3.97. The van der Waals surface area contributed by atoms with Crippen LogP contribution in [0.5, 0.6) is 0 Å². The third-order valence-electron chi connectivity index (χ3n) is 9.30. The van der Waals surface area contributed by atoms with Gasteiger partial charge >= 0.3 is 37.4 Å². The second-order valence-corrected chi connectivity index (χ2v) is 12.6. The van der Waals surface area contributed by atoms with Crippen molar-refractivity contribution < 1.29 is 74.0 Å². The summed E-state index contributed by atoms with van der Waals surface area (Å²) >= 11 is 0. The molecule has 0 aromatic heterocycles. The number of allylic oxidation sites excluding steroid dienone is 4. The van der Waals surface area contributed by atoms with Gasteiger partial charge in [-0.15, -0.1) is 0 Å². The molecule has 35 heavy (non-hydrogen) atoms. The first kappa shape index (κ1) is 27.8. The van der Waals surface area contributed by atoms with E-state index in [1.807, 2.05) is 19.9 Å². The summed E-state index contributed by atoms with van der Waals surface area (Å²) < 4.78 is 30.1. The van der Waals surface area contributed by atoms with Gasteiger partial charge in [-0.25, -0.2) is 4.57 Å². The third-order valence-corrected chi connectivity index (χ3v) is 9.84. The van der Waals surface area contributed by atoms with E-state index >= 15 is 0 Å². The number of phosphoric acid groups is 1. The molecule has 8 atom stereocenters. The monoisotopic (exact) mass is 520 g/mol. The molecule has 3 N–H and O–H groups in total. The quantitative estimate of drug-likeness (QED) is 0.333. The van der Waals surface area contributed by atoms with Gasteiger partial charge in [-0.2, -0.15) is 0 Å². The molecule has 1 saturated heterocycles. The Bertz CT molecular complexity index is 1060. The first-order chi connectivity index (χ1) is 15.7. The molecule has 0 radical (unpaired) electrons. The molecule has 4 aliphatic carbocycles. The van der Waals surface area contributed by atoms with E-state index in [2.05, 4.69) is 0 Å². The zero-order valence-corrected chi connectivity index (χ0v) is 23.8. The molecular formula is C24H34NaO9P. The fourth-order valence-corrected chi connectivity index (χ4v) is 8.84. The first-order valence-corrected chi connectivity index (χ1v) is 13.4. The van der Waals surface area contributed by atoms with Crippen LogP contribution in [0.25, 0.3) is 0 Å². The molecule has 1 aliphatic heterocycles. The molecular weight excluding hydrogens is 486 g/mol. The molecule has 0 aromatic carbocycles. The number of carbonyl (C=O) groups is 2. The van der Waals surface area contributed by atoms with Gasteiger partial charge in [-0.3, -0.25) is 14.1 Å². The van der Waals surface area contributed by atoms with E-state index in [9.17, 15) is 29.0 Å². The van der Waals surface area contributed by atoms with Crippen LogP contribution in [0.15, 0.2) is 23.8 Å². The van der Waals surface area contributed by atoms with Crippen molar-refractivity contribution in [1.82, 2.24) is 0 Å². The van der Waals surface area contributed by atoms with Crippen LogP contribution in [0.4, 0.5) is 0 Å². The number of hydrogen-bond donors (Lipinski definition) is 3. The summed E-state index contributed by atoms with van der Waals surface area (Å²) in [7, 11) is -4.88. The maximum absolute atomic E-state index is 13.3. The summed E-state index contributed by atoms with van der Waals surface area (Å²) in [6.07, 6.45) is 5.56. The number of carbonyl (C=O) groups excluding carboxylic acids is 2. The van der Waals surface area contributed by atoms with Crippen molar-refractivity contribution in [1.29, 1.82) is 0 Å². The van der Waals surface area contributed by atoms with Gasteiger partial charge in [0.1, 0.15) is 6.61 Å². The Morgan fingerprint density at radius 3 is 2.60 bits per heavy atom. The van der Waals surface area contributed by atoms with Gasteiger partial charge in [0.15, 0.2) is 23.0 Å². The van der Waals surface area contributed by atoms with Crippen molar-refractivity contribution in [3.63, 3.8) is 0 Å². The molecule has 0 aromatic rings. The maximum Gasteiger partial charge on any atom is 1.00 e. The molecule has 0 amide bonds. The van der Waals surface area contributed by atoms with Gasteiger partial charge in [-0.05, 0) is 63.5 Å². The number of Topliss-reactive ketones (excluding diaryl/α,β-unsaturated/α-hetero) is 1. The summed E-state index contributed by atoms with van der Waals surface area (Å²) in [5.74, 6) is -2.04. The van der Waals surface area contributed by atoms with Crippen molar-refractivity contribution in [3.8, 4) is 0 Å². The smallest absolute Gasteiger partial charge is 1.00 e. The molecule has 0 unspecified atom stereocenters. The van der Waals surface area contributed by atoms with Crippen LogP contribution in [-0.4, -0.2) is 56.7 Å². The van der Waals surface area contributed by atoms with Crippen molar-refractivity contribution >= 4 is 19.4 Å². The average molecular weight is 520 g/mol. The van der Waals surface area contributed by atoms with E-state index in [0.29, 0.717) is 19.3 Å². The number of fused-ring (bicyclic) bond motifs is 7. The van der Waals surface area contributed by atoms with Gasteiger partial charge in [0.25, 0.3) is 0 Å². The number of ketones is 2. The zero-order valence-electron chi connectivity index (χ0n) is 21.9. The zero-order chi connectivity index (χ0) is 24.9. The topological polar surface area (TPSA) is 140 Å². The standard InChI is InChI=1S/C24H33O9P.Na.H/c1-21(2)31-19-10-16-15-6-5-13-9-14(26)7-8-22(13,3)20(15)17(32-34(28,29)30)11-23(16,4)24(19,33-21)18(27)12-25;;/h7-9,15-17,19-20,25H,5-6,10-12H2,1-4H3,(H2,28,29,30);;/q;+1;-1/t15-,16-,17-,19+,20+,22-,23-,24+;;/m0../s1. The normalized spacial score (nSPS) is 45.5. The molecule has 3 saturated carbocycles. The Labute approximate surface area is 228 Å². The number of aliphatic hydroxyl groups excluding tert-OH is 1. The summed E-state index contributed by atoms with van der Waals surface area (Å²) in [5, 5.41) is 9.93. The predicted molar refractivity (Wildman–Crippen MR) is 120 cm³/mol. The largest absolute Gasteiger partial charge is 1.00 e. The van der Waals surface area contributed by atoms with E-state index < -0.39 is 54.6 Å². The van der Waals surface area contributed by atoms with Crippen LogP contribution in [0.3, 0.4) is 0 Å². The van der Waals surface area contributed by atoms with E-state index in [1.165, 1.54) is 6.08 Å². The molecule has 1 heterocycles. The Kier molecular flexibility index (Phi) is 6.89. The second kappa shape index (κ2) is 8.67. The molecule has 5 rings (SSSR count). The maximum atomic E-state index is 13.3. The Balaban J connectivity index is 0.00000180. The fraction of sp³-hybridized carbons (Fsp3) is 0.750. The predicted octanol–water partition coefficient (Wildman–Crippen LogP) is -0.440. The van der Waals surface area contributed by atoms with Crippen LogP contribution in [0.1, 0.15) is 54.8 Å². The number of hydrogen-bond acceptors (Lipinski definition) is 7. The molecule has 5 aliphatic rings. The van der Waals surface area contributed by atoms with E-state index in [0.717, 1.165) is 5.57 Å². The number of phosphoric ester groups is 1. The molecule has 4 fully saturated rings. The fourth-order valence-electron chi connectivity index (χ4n) is 8.28. The van der Waals surface area contributed by atoms with Gasteiger partial charge in [0.05, 0.1) is 12.2 Å². The van der Waals surface area contributed by atoms with Crippen molar-refractivity contribution in [2.75, 3.05) is 6.61 Å². The Morgan fingerprint density at radius 1 is 1.29 bits per heavy atom. The summed E-state index contributed by atoms with van der Waals surface area (Å²) in [6, 6.07) is 0.